The number of hydrogen-bond acceptors (Lipinski definition) is 3. The molecule has 0 amide bonds. The van der Waals surface area contributed by atoms with Crippen molar-refractivity contribution in [3.05, 3.63) is 23.8 Å². The Balaban J connectivity index is 1.90. The molecule has 0 aliphatic heterocycles. The quantitative estimate of drug-likeness (QED) is 0.750. The van der Waals surface area contributed by atoms with Crippen LogP contribution in [-0.4, -0.2) is 26.3 Å². The van der Waals surface area contributed by atoms with Crippen molar-refractivity contribution in [2.75, 3.05) is 14.2 Å². The van der Waals surface area contributed by atoms with Gasteiger partial charge in [-0.15, -0.1) is 0 Å². The highest BCUT2D eigenvalue weighted by molar-refractivity contribution is 5.43. The fourth-order valence-electron chi connectivity index (χ4n) is 2.93. The molecule has 1 aromatic rings. The van der Waals surface area contributed by atoms with E-state index in [9.17, 15) is 0 Å². The van der Waals surface area contributed by atoms with Crippen LogP contribution in [0.25, 0.3) is 0 Å². The maximum atomic E-state index is 5.38. The zero-order chi connectivity index (χ0) is 15.2. The first-order valence-electron chi connectivity index (χ1n) is 8.13. The Hall–Kier alpha value is -1.22. The van der Waals surface area contributed by atoms with E-state index in [0.717, 1.165) is 23.8 Å². The van der Waals surface area contributed by atoms with Gasteiger partial charge in [0.2, 0.25) is 0 Å². The van der Waals surface area contributed by atoms with Crippen LogP contribution >= 0.6 is 0 Å². The van der Waals surface area contributed by atoms with E-state index in [-0.39, 0.29) is 0 Å². The van der Waals surface area contributed by atoms with Gasteiger partial charge in [0.1, 0.15) is 0 Å². The van der Waals surface area contributed by atoms with Crippen molar-refractivity contribution < 1.29 is 9.47 Å². The van der Waals surface area contributed by atoms with Crippen LogP contribution in [0.1, 0.15) is 45.1 Å². The summed E-state index contributed by atoms with van der Waals surface area (Å²) >= 11 is 0. The average Bonchev–Trinajstić information content (AvgIpc) is 3.30. The van der Waals surface area contributed by atoms with Crippen LogP contribution in [0, 0.1) is 5.92 Å². The Morgan fingerprint density at radius 1 is 1.19 bits per heavy atom. The van der Waals surface area contributed by atoms with Crippen LogP contribution in [0.15, 0.2) is 18.2 Å². The van der Waals surface area contributed by atoms with Crippen LogP contribution in [-0.2, 0) is 6.42 Å². The van der Waals surface area contributed by atoms with Crippen molar-refractivity contribution in [2.24, 2.45) is 5.92 Å². The molecule has 1 aromatic carbocycles. The normalized spacial score (nSPS) is 17.3. The van der Waals surface area contributed by atoms with Gasteiger partial charge in [0.25, 0.3) is 0 Å². The Labute approximate surface area is 129 Å². The highest BCUT2D eigenvalue weighted by Crippen LogP contribution is 2.34. The summed E-state index contributed by atoms with van der Waals surface area (Å²) in [5.74, 6) is 2.59. The van der Waals surface area contributed by atoms with Crippen molar-refractivity contribution in [2.45, 2.75) is 58.0 Å². The van der Waals surface area contributed by atoms with Gasteiger partial charge in [-0.1, -0.05) is 25.8 Å². The van der Waals surface area contributed by atoms with Crippen LogP contribution < -0.4 is 14.8 Å². The van der Waals surface area contributed by atoms with Crippen LogP contribution in [0.5, 0.6) is 11.5 Å². The molecule has 1 N–H and O–H groups in total. The first-order valence-corrected chi connectivity index (χ1v) is 8.13. The summed E-state index contributed by atoms with van der Waals surface area (Å²) in [6.07, 6.45) is 6.44. The SMILES string of the molecule is CCC(CC1CC1)NC(C)Cc1ccc(OC)c(OC)c1. The molecular weight excluding hydrogens is 262 g/mol. The van der Waals surface area contributed by atoms with Crippen molar-refractivity contribution in [1.82, 2.24) is 5.32 Å². The number of benzene rings is 1. The first kappa shape index (κ1) is 16.2. The van der Waals surface area contributed by atoms with Gasteiger partial charge >= 0.3 is 0 Å². The summed E-state index contributed by atoms with van der Waals surface area (Å²) in [5, 5.41) is 3.78. The zero-order valence-corrected chi connectivity index (χ0v) is 13.8. The second kappa shape index (κ2) is 7.69. The van der Waals surface area contributed by atoms with E-state index in [0.29, 0.717) is 12.1 Å². The van der Waals surface area contributed by atoms with E-state index >= 15 is 0 Å². The minimum atomic E-state index is 0.479. The molecule has 3 heteroatoms. The number of methoxy groups -OCH3 is 2. The van der Waals surface area contributed by atoms with Crippen molar-refractivity contribution in [3.63, 3.8) is 0 Å². The van der Waals surface area contributed by atoms with Gasteiger partial charge in [-0.2, -0.15) is 0 Å². The fraction of sp³-hybridized carbons (Fsp3) is 0.667. The Morgan fingerprint density at radius 3 is 2.48 bits per heavy atom. The third-order valence-corrected chi connectivity index (χ3v) is 4.32. The third kappa shape index (κ3) is 4.92. The second-order valence-electron chi connectivity index (χ2n) is 6.25. The molecular formula is C18H29NO2. The maximum absolute atomic E-state index is 5.38. The lowest BCUT2D eigenvalue weighted by Crippen LogP contribution is -2.37. The minimum absolute atomic E-state index is 0.479. The third-order valence-electron chi connectivity index (χ3n) is 4.32. The standard InChI is InChI=1S/C18H29NO2/c1-5-16(11-14-6-7-14)19-13(2)10-15-8-9-17(20-3)18(12-15)21-4/h8-9,12-14,16,19H,5-7,10-11H2,1-4H3. The molecule has 3 nitrogen and oxygen atoms in total. The van der Waals surface area contributed by atoms with Crippen LogP contribution in [0.3, 0.4) is 0 Å². The summed E-state index contributed by atoms with van der Waals surface area (Å²) in [4.78, 5) is 0. The van der Waals surface area contributed by atoms with E-state index in [1.54, 1.807) is 14.2 Å². The highest BCUT2D eigenvalue weighted by Gasteiger charge is 2.25. The smallest absolute Gasteiger partial charge is 0.160 e. The van der Waals surface area contributed by atoms with Crippen molar-refractivity contribution in [3.8, 4) is 11.5 Å². The number of hydrogen-bond donors (Lipinski definition) is 1. The zero-order valence-electron chi connectivity index (χ0n) is 13.8. The molecule has 0 spiro atoms. The lowest BCUT2D eigenvalue weighted by molar-refractivity contribution is 0.354. The number of ether oxygens (including phenoxy) is 2. The van der Waals surface area contributed by atoms with Crippen molar-refractivity contribution >= 4 is 0 Å². The molecule has 1 aliphatic carbocycles. The summed E-state index contributed by atoms with van der Waals surface area (Å²) in [5.41, 5.74) is 1.29. The van der Waals surface area contributed by atoms with Gasteiger partial charge in [-0.25, -0.2) is 0 Å². The monoisotopic (exact) mass is 291 g/mol. The second-order valence-corrected chi connectivity index (χ2v) is 6.25. The lowest BCUT2D eigenvalue weighted by atomic mass is 10.0. The predicted octanol–water partition coefficient (Wildman–Crippen LogP) is 3.80. The van der Waals surface area contributed by atoms with E-state index in [4.69, 9.17) is 9.47 Å². The van der Waals surface area contributed by atoms with Gasteiger partial charge in [0.15, 0.2) is 11.5 Å². The molecule has 1 aliphatic rings. The molecule has 0 saturated heterocycles. The van der Waals surface area contributed by atoms with Gasteiger partial charge < -0.3 is 14.8 Å². The van der Waals surface area contributed by atoms with Gasteiger partial charge in [-0.05, 0) is 49.8 Å². The van der Waals surface area contributed by atoms with E-state index < -0.39 is 0 Å². The molecule has 1 saturated carbocycles. The van der Waals surface area contributed by atoms with Crippen LogP contribution in [0.4, 0.5) is 0 Å². The van der Waals surface area contributed by atoms with Crippen LogP contribution in [0.2, 0.25) is 0 Å². The summed E-state index contributed by atoms with van der Waals surface area (Å²) < 4.78 is 10.7. The number of rotatable bonds is 9. The van der Waals surface area contributed by atoms with E-state index in [2.05, 4.69) is 31.3 Å². The number of nitrogens with one attached hydrogen (secondary N) is 1. The molecule has 0 bridgehead atoms. The van der Waals surface area contributed by atoms with E-state index in [1.165, 1.54) is 31.2 Å². The molecule has 21 heavy (non-hydrogen) atoms. The average molecular weight is 291 g/mol. The summed E-state index contributed by atoms with van der Waals surface area (Å²) in [6.45, 7) is 4.55. The van der Waals surface area contributed by atoms with Gasteiger partial charge in [-0.3, -0.25) is 0 Å². The van der Waals surface area contributed by atoms with E-state index in [1.807, 2.05) is 6.07 Å². The Kier molecular flexibility index (Phi) is 5.92. The molecule has 0 heterocycles. The van der Waals surface area contributed by atoms with Gasteiger partial charge in [0, 0.05) is 12.1 Å². The minimum Gasteiger partial charge on any atom is -0.493 e. The molecule has 2 unspecified atom stereocenters. The summed E-state index contributed by atoms with van der Waals surface area (Å²) in [7, 11) is 3.36. The first-order chi connectivity index (χ1) is 10.2. The molecule has 1 fully saturated rings. The van der Waals surface area contributed by atoms with Crippen molar-refractivity contribution in [1.29, 1.82) is 0 Å². The predicted molar refractivity (Wildman–Crippen MR) is 87.3 cm³/mol. The molecule has 0 aromatic heterocycles. The largest absolute Gasteiger partial charge is 0.493 e. The topological polar surface area (TPSA) is 30.5 Å². The lowest BCUT2D eigenvalue weighted by Gasteiger charge is -2.22. The Morgan fingerprint density at radius 2 is 1.90 bits per heavy atom. The fourth-order valence-corrected chi connectivity index (χ4v) is 2.93. The maximum Gasteiger partial charge on any atom is 0.160 e. The Bertz CT molecular complexity index is 443. The molecule has 2 atom stereocenters. The summed E-state index contributed by atoms with van der Waals surface area (Å²) in [6, 6.07) is 7.34. The molecule has 0 radical (unpaired) electrons. The van der Waals surface area contributed by atoms with Gasteiger partial charge in [0.05, 0.1) is 14.2 Å². The highest BCUT2D eigenvalue weighted by atomic mass is 16.5. The molecule has 2 rings (SSSR count). The molecule has 118 valence electrons.